The number of benzene rings is 1. The Morgan fingerprint density at radius 1 is 1.07 bits per heavy atom. The SMILES string of the molecule is CN1CCN([C@@H]2CCN(Cc3ccc(C#CC(C)(C)O)cc3)C[C@H]2O)CC1. The van der Waals surface area contributed by atoms with Gasteiger partial charge in [-0.05, 0) is 45.0 Å². The van der Waals surface area contributed by atoms with Gasteiger partial charge in [0.15, 0.2) is 0 Å². The fraction of sp³-hybridized carbons (Fsp3) is 0.636. The van der Waals surface area contributed by atoms with Crippen LogP contribution < -0.4 is 0 Å². The first-order valence-electron chi connectivity index (χ1n) is 9.98. The summed E-state index contributed by atoms with van der Waals surface area (Å²) in [4.78, 5) is 7.17. The second kappa shape index (κ2) is 8.72. The summed E-state index contributed by atoms with van der Waals surface area (Å²) in [7, 11) is 2.16. The minimum absolute atomic E-state index is 0.279. The van der Waals surface area contributed by atoms with Crippen molar-refractivity contribution in [3.63, 3.8) is 0 Å². The zero-order chi connectivity index (χ0) is 19.4. The van der Waals surface area contributed by atoms with Crippen LogP contribution in [-0.4, -0.2) is 89.0 Å². The van der Waals surface area contributed by atoms with Gasteiger partial charge in [0.05, 0.1) is 6.10 Å². The summed E-state index contributed by atoms with van der Waals surface area (Å²) in [6.45, 7) is 10.3. The highest BCUT2D eigenvalue weighted by Gasteiger charge is 2.33. The number of rotatable bonds is 3. The largest absolute Gasteiger partial charge is 0.390 e. The molecule has 5 heteroatoms. The lowest BCUT2D eigenvalue weighted by atomic mass is 9.98. The highest BCUT2D eigenvalue weighted by atomic mass is 16.3. The Morgan fingerprint density at radius 3 is 2.33 bits per heavy atom. The van der Waals surface area contributed by atoms with Crippen molar-refractivity contribution in [1.82, 2.24) is 14.7 Å². The summed E-state index contributed by atoms with van der Waals surface area (Å²) in [5.41, 5.74) is 1.17. The van der Waals surface area contributed by atoms with Crippen molar-refractivity contribution in [1.29, 1.82) is 0 Å². The summed E-state index contributed by atoms with van der Waals surface area (Å²) in [5.74, 6) is 5.84. The number of nitrogens with zero attached hydrogens (tertiary/aromatic N) is 3. The van der Waals surface area contributed by atoms with E-state index in [1.165, 1.54) is 5.56 Å². The van der Waals surface area contributed by atoms with Crippen LogP contribution in [0.5, 0.6) is 0 Å². The topological polar surface area (TPSA) is 50.2 Å². The number of piperazine rings is 1. The monoisotopic (exact) mass is 371 g/mol. The van der Waals surface area contributed by atoms with Crippen molar-refractivity contribution in [3.05, 3.63) is 35.4 Å². The summed E-state index contributed by atoms with van der Waals surface area (Å²) in [6.07, 6.45) is 0.749. The lowest BCUT2D eigenvalue weighted by Gasteiger charge is -2.44. The van der Waals surface area contributed by atoms with Crippen molar-refractivity contribution in [2.75, 3.05) is 46.3 Å². The van der Waals surface area contributed by atoms with Crippen LogP contribution >= 0.6 is 0 Å². The predicted octanol–water partition coefficient (Wildman–Crippen LogP) is 0.992. The van der Waals surface area contributed by atoms with E-state index in [4.69, 9.17) is 0 Å². The number of hydrogen-bond acceptors (Lipinski definition) is 5. The van der Waals surface area contributed by atoms with Gasteiger partial charge in [0.2, 0.25) is 0 Å². The minimum Gasteiger partial charge on any atom is -0.390 e. The smallest absolute Gasteiger partial charge is 0.120 e. The van der Waals surface area contributed by atoms with Crippen LogP contribution in [0.2, 0.25) is 0 Å². The standard InChI is InChI=1S/C22H33N3O2/c1-22(2,27)10-8-18-4-6-19(7-5-18)16-24-11-9-20(21(26)17-24)25-14-12-23(3)13-15-25/h4-7,20-21,26-27H,9,11-17H2,1-3H3/t20-,21-/m1/s1. The van der Waals surface area contributed by atoms with E-state index >= 15 is 0 Å². The summed E-state index contributed by atoms with van der Waals surface area (Å²) >= 11 is 0. The van der Waals surface area contributed by atoms with Gasteiger partial charge in [-0.3, -0.25) is 9.80 Å². The Hall–Kier alpha value is -1.42. The molecule has 2 N–H and O–H groups in total. The highest BCUT2D eigenvalue weighted by molar-refractivity contribution is 5.37. The number of aliphatic hydroxyl groups excluding tert-OH is 1. The third kappa shape index (κ3) is 6.03. The Morgan fingerprint density at radius 2 is 1.74 bits per heavy atom. The predicted molar refractivity (Wildman–Crippen MR) is 108 cm³/mol. The third-order valence-corrected chi connectivity index (χ3v) is 5.51. The average Bonchev–Trinajstić information content (AvgIpc) is 2.62. The van der Waals surface area contributed by atoms with E-state index in [1.807, 2.05) is 12.1 Å². The zero-order valence-electron chi connectivity index (χ0n) is 16.9. The first kappa shape index (κ1) is 20.3. The van der Waals surface area contributed by atoms with Gasteiger partial charge in [-0.2, -0.15) is 0 Å². The Kier molecular flexibility index (Phi) is 6.56. The number of hydrogen-bond donors (Lipinski definition) is 2. The number of piperidine rings is 1. The van der Waals surface area contributed by atoms with Crippen molar-refractivity contribution >= 4 is 0 Å². The van der Waals surface area contributed by atoms with Crippen molar-refractivity contribution in [2.24, 2.45) is 0 Å². The maximum absolute atomic E-state index is 10.7. The Labute approximate surface area is 163 Å². The quantitative estimate of drug-likeness (QED) is 0.776. The van der Waals surface area contributed by atoms with Crippen LogP contribution in [0.15, 0.2) is 24.3 Å². The first-order chi connectivity index (χ1) is 12.8. The second-order valence-corrected chi connectivity index (χ2v) is 8.50. The Bertz CT molecular complexity index is 664. The molecule has 0 unspecified atom stereocenters. The molecule has 2 saturated heterocycles. The third-order valence-electron chi connectivity index (χ3n) is 5.51. The van der Waals surface area contributed by atoms with Crippen LogP contribution in [-0.2, 0) is 6.54 Å². The number of β-amino-alcohol motifs (C(OH)–C–C–N with tert-alkyl or cyclic N) is 1. The maximum atomic E-state index is 10.7. The van der Waals surface area contributed by atoms with E-state index in [2.05, 4.69) is 45.7 Å². The van der Waals surface area contributed by atoms with Gasteiger partial charge in [0, 0.05) is 57.4 Å². The first-order valence-corrected chi connectivity index (χ1v) is 9.98. The van der Waals surface area contributed by atoms with Crippen LogP contribution in [0.3, 0.4) is 0 Å². The molecule has 5 nitrogen and oxygen atoms in total. The molecule has 27 heavy (non-hydrogen) atoms. The molecule has 3 rings (SSSR count). The molecule has 1 aromatic rings. The summed E-state index contributed by atoms with van der Waals surface area (Å²) in [5, 5.41) is 20.4. The fourth-order valence-electron chi connectivity index (χ4n) is 3.88. The molecular formula is C22H33N3O2. The number of likely N-dealkylation sites (tertiary alicyclic amines) is 1. The molecule has 2 fully saturated rings. The Balaban J connectivity index is 1.51. The van der Waals surface area contributed by atoms with Crippen molar-refractivity contribution in [2.45, 2.75) is 44.6 Å². The van der Waals surface area contributed by atoms with Crippen LogP contribution in [0.25, 0.3) is 0 Å². The molecule has 0 amide bonds. The number of likely N-dealkylation sites (N-methyl/N-ethyl adjacent to an activating group) is 1. The molecule has 0 spiro atoms. The lowest BCUT2D eigenvalue weighted by molar-refractivity contribution is -0.0286. The molecule has 148 valence electrons. The van der Waals surface area contributed by atoms with Crippen LogP contribution in [0.1, 0.15) is 31.4 Å². The van der Waals surface area contributed by atoms with Gasteiger partial charge >= 0.3 is 0 Å². The molecule has 0 bridgehead atoms. The second-order valence-electron chi connectivity index (χ2n) is 8.50. The van der Waals surface area contributed by atoms with Gasteiger partial charge in [0.1, 0.15) is 5.60 Å². The van der Waals surface area contributed by atoms with Gasteiger partial charge in [-0.15, -0.1) is 0 Å². The fourth-order valence-corrected chi connectivity index (χ4v) is 3.88. The molecule has 1 aromatic carbocycles. The molecule has 2 aliphatic rings. The zero-order valence-corrected chi connectivity index (χ0v) is 16.9. The molecule has 2 atom stereocenters. The van der Waals surface area contributed by atoms with Crippen molar-refractivity contribution in [3.8, 4) is 11.8 Å². The van der Waals surface area contributed by atoms with Gasteiger partial charge in [-0.25, -0.2) is 0 Å². The molecule has 2 heterocycles. The van der Waals surface area contributed by atoms with E-state index in [9.17, 15) is 10.2 Å². The molecular weight excluding hydrogens is 338 g/mol. The van der Waals surface area contributed by atoms with Gasteiger partial charge in [-0.1, -0.05) is 24.0 Å². The lowest BCUT2D eigenvalue weighted by Crippen LogP contribution is -2.58. The summed E-state index contributed by atoms with van der Waals surface area (Å²) in [6, 6.07) is 8.48. The average molecular weight is 372 g/mol. The maximum Gasteiger partial charge on any atom is 0.120 e. The van der Waals surface area contributed by atoms with Gasteiger partial charge < -0.3 is 15.1 Å². The number of aliphatic hydroxyl groups is 2. The summed E-state index contributed by atoms with van der Waals surface area (Å²) < 4.78 is 0. The van der Waals surface area contributed by atoms with E-state index in [0.29, 0.717) is 6.04 Å². The highest BCUT2D eigenvalue weighted by Crippen LogP contribution is 2.20. The molecule has 2 aliphatic heterocycles. The normalized spacial score (nSPS) is 25.8. The molecule has 0 aromatic heterocycles. The van der Waals surface area contributed by atoms with Crippen LogP contribution in [0, 0.1) is 11.8 Å². The molecule has 0 radical (unpaired) electrons. The van der Waals surface area contributed by atoms with E-state index in [0.717, 1.165) is 57.8 Å². The van der Waals surface area contributed by atoms with E-state index in [-0.39, 0.29) is 6.10 Å². The molecule has 0 saturated carbocycles. The van der Waals surface area contributed by atoms with E-state index < -0.39 is 5.60 Å². The van der Waals surface area contributed by atoms with Crippen LogP contribution in [0.4, 0.5) is 0 Å². The molecule has 0 aliphatic carbocycles. The van der Waals surface area contributed by atoms with Crippen molar-refractivity contribution < 1.29 is 10.2 Å². The minimum atomic E-state index is -0.969. The van der Waals surface area contributed by atoms with Gasteiger partial charge in [0.25, 0.3) is 0 Å². The van der Waals surface area contributed by atoms with E-state index in [1.54, 1.807) is 13.8 Å².